The highest BCUT2D eigenvalue weighted by molar-refractivity contribution is 5.35. The molecule has 2 rings (SSSR count). The lowest BCUT2D eigenvalue weighted by Gasteiger charge is -2.17. The second-order valence-electron chi connectivity index (χ2n) is 4.19. The van der Waals surface area contributed by atoms with Gasteiger partial charge in [-0.05, 0) is 31.7 Å². The van der Waals surface area contributed by atoms with Crippen molar-refractivity contribution in [2.75, 3.05) is 6.54 Å². The molecule has 96 valence electrons. The van der Waals surface area contributed by atoms with Crippen LogP contribution in [0.4, 0.5) is 0 Å². The number of ether oxygens (including phenoxy) is 1. The fourth-order valence-corrected chi connectivity index (χ4v) is 1.93. The zero-order valence-corrected chi connectivity index (χ0v) is 10.8. The van der Waals surface area contributed by atoms with Crippen LogP contribution in [0.3, 0.4) is 0 Å². The number of furan rings is 1. The standard InChI is InChI=1S/C15H19NO2/c1-3-16-12(2)14-8-4-5-9-15(14)18-11-13-7-6-10-17-13/h4-10,12,16H,3,11H2,1-2H3. The molecule has 3 heteroatoms. The van der Waals surface area contributed by atoms with Gasteiger partial charge in [-0.2, -0.15) is 0 Å². The monoisotopic (exact) mass is 245 g/mol. The van der Waals surface area contributed by atoms with Crippen LogP contribution in [0.2, 0.25) is 0 Å². The van der Waals surface area contributed by atoms with Crippen LogP contribution in [0.1, 0.15) is 31.2 Å². The average Bonchev–Trinajstić information content (AvgIpc) is 2.90. The van der Waals surface area contributed by atoms with E-state index in [4.69, 9.17) is 9.15 Å². The summed E-state index contributed by atoms with van der Waals surface area (Å²) in [5.74, 6) is 1.74. The highest BCUT2D eigenvalue weighted by Gasteiger charge is 2.10. The minimum absolute atomic E-state index is 0.280. The Labute approximate surface area is 108 Å². The highest BCUT2D eigenvalue weighted by Crippen LogP contribution is 2.25. The van der Waals surface area contributed by atoms with Gasteiger partial charge in [-0.25, -0.2) is 0 Å². The van der Waals surface area contributed by atoms with Crippen LogP contribution in [0, 0.1) is 0 Å². The van der Waals surface area contributed by atoms with E-state index in [1.807, 2.05) is 30.3 Å². The summed E-state index contributed by atoms with van der Waals surface area (Å²) in [5.41, 5.74) is 1.17. The molecule has 0 bridgehead atoms. The molecule has 1 aromatic heterocycles. The summed E-state index contributed by atoms with van der Waals surface area (Å²) >= 11 is 0. The third-order valence-corrected chi connectivity index (χ3v) is 2.85. The molecule has 0 fully saturated rings. The van der Waals surface area contributed by atoms with Gasteiger partial charge in [0.2, 0.25) is 0 Å². The summed E-state index contributed by atoms with van der Waals surface area (Å²) in [6.07, 6.45) is 1.66. The molecule has 1 heterocycles. The molecular weight excluding hydrogens is 226 g/mol. The molecule has 0 amide bonds. The Kier molecular flexibility index (Phi) is 4.42. The minimum atomic E-state index is 0.280. The van der Waals surface area contributed by atoms with Crippen molar-refractivity contribution in [1.82, 2.24) is 5.32 Å². The number of rotatable bonds is 6. The quantitative estimate of drug-likeness (QED) is 0.845. The Balaban J connectivity index is 2.07. The van der Waals surface area contributed by atoms with Crippen molar-refractivity contribution < 1.29 is 9.15 Å². The van der Waals surface area contributed by atoms with Crippen molar-refractivity contribution in [1.29, 1.82) is 0 Å². The predicted molar refractivity (Wildman–Crippen MR) is 71.6 cm³/mol. The smallest absolute Gasteiger partial charge is 0.146 e. The zero-order valence-electron chi connectivity index (χ0n) is 10.8. The first kappa shape index (κ1) is 12.7. The SMILES string of the molecule is CCNC(C)c1ccccc1OCc1ccco1. The number of para-hydroxylation sites is 1. The van der Waals surface area contributed by atoms with Crippen LogP contribution in [-0.4, -0.2) is 6.54 Å². The molecule has 0 saturated carbocycles. The molecule has 18 heavy (non-hydrogen) atoms. The van der Waals surface area contributed by atoms with Gasteiger partial charge in [-0.1, -0.05) is 25.1 Å². The van der Waals surface area contributed by atoms with Gasteiger partial charge in [0, 0.05) is 11.6 Å². The molecular formula is C15H19NO2. The summed E-state index contributed by atoms with van der Waals surface area (Å²) in [4.78, 5) is 0. The van der Waals surface area contributed by atoms with E-state index in [0.717, 1.165) is 18.1 Å². The van der Waals surface area contributed by atoms with Crippen molar-refractivity contribution in [3.63, 3.8) is 0 Å². The Morgan fingerprint density at radius 2 is 2.06 bits per heavy atom. The van der Waals surface area contributed by atoms with E-state index < -0.39 is 0 Å². The Bertz CT molecular complexity index is 465. The predicted octanol–water partition coefficient (Wildman–Crippen LogP) is 3.53. The van der Waals surface area contributed by atoms with Crippen LogP contribution in [0.25, 0.3) is 0 Å². The molecule has 0 spiro atoms. The maximum atomic E-state index is 5.82. The average molecular weight is 245 g/mol. The van der Waals surface area contributed by atoms with Crippen LogP contribution >= 0.6 is 0 Å². The lowest BCUT2D eigenvalue weighted by Crippen LogP contribution is -2.18. The van der Waals surface area contributed by atoms with E-state index in [-0.39, 0.29) is 6.04 Å². The molecule has 1 N–H and O–H groups in total. The van der Waals surface area contributed by atoms with E-state index >= 15 is 0 Å². The summed E-state index contributed by atoms with van der Waals surface area (Å²) in [7, 11) is 0. The van der Waals surface area contributed by atoms with Crippen LogP contribution in [-0.2, 0) is 6.61 Å². The molecule has 3 nitrogen and oxygen atoms in total. The molecule has 0 aliphatic heterocycles. The zero-order chi connectivity index (χ0) is 12.8. The van der Waals surface area contributed by atoms with Gasteiger partial charge < -0.3 is 14.5 Å². The lowest BCUT2D eigenvalue weighted by atomic mass is 10.1. The van der Waals surface area contributed by atoms with Crippen molar-refractivity contribution >= 4 is 0 Å². The molecule has 0 aliphatic carbocycles. The van der Waals surface area contributed by atoms with E-state index in [0.29, 0.717) is 6.61 Å². The van der Waals surface area contributed by atoms with Crippen LogP contribution in [0.15, 0.2) is 47.1 Å². The largest absolute Gasteiger partial charge is 0.485 e. The van der Waals surface area contributed by atoms with Gasteiger partial charge in [0.05, 0.1) is 6.26 Å². The highest BCUT2D eigenvalue weighted by atomic mass is 16.5. The normalized spacial score (nSPS) is 12.3. The van der Waals surface area contributed by atoms with Crippen molar-refractivity contribution in [2.45, 2.75) is 26.5 Å². The Morgan fingerprint density at radius 3 is 2.78 bits per heavy atom. The van der Waals surface area contributed by atoms with Gasteiger partial charge in [0.1, 0.15) is 18.1 Å². The van der Waals surface area contributed by atoms with E-state index in [1.54, 1.807) is 6.26 Å². The lowest BCUT2D eigenvalue weighted by molar-refractivity contribution is 0.266. The van der Waals surface area contributed by atoms with Crippen molar-refractivity contribution in [2.24, 2.45) is 0 Å². The summed E-state index contributed by atoms with van der Waals surface area (Å²) < 4.78 is 11.1. The number of hydrogen-bond acceptors (Lipinski definition) is 3. The second-order valence-corrected chi connectivity index (χ2v) is 4.19. The van der Waals surface area contributed by atoms with Gasteiger partial charge in [-0.15, -0.1) is 0 Å². The number of hydrogen-bond donors (Lipinski definition) is 1. The van der Waals surface area contributed by atoms with Gasteiger partial charge in [-0.3, -0.25) is 0 Å². The fraction of sp³-hybridized carbons (Fsp3) is 0.333. The molecule has 0 saturated heterocycles. The first-order valence-corrected chi connectivity index (χ1v) is 6.28. The third kappa shape index (κ3) is 3.14. The van der Waals surface area contributed by atoms with E-state index in [2.05, 4.69) is 25.2 Å². The molecule has 0 aliphatic rings. The Hall–Kier alpha value is -1.74. The first-order valence-electron chi connectivity index (χ1n) is 6.28. The van der Waals surface area contributed by atoms with Gasteiger partial charge >= 0.3 is 0 Å². The second kappa shape index (κ2) is 6.26. The number of benzene rings is 1. The van der Waals surface area contributed by atoms with Gasteiger partial charge in [0.15, 0.2) is 0 Å². The maximum absolute atomic E-state index is 5.82. The molecule has 0 radical (unpaired) electrons. The Morgan fingerprint density at radius 1 is 1.22 bits per heavy atom. The summed E-state index contributed by atoms with van der Waals surface area (Å²) in [6.45, 7) is 5.64. The van der Waals surface area contributed by atoms with E-state index in [1.165, 1.54) is 5.56 Å². The van der Waals surface area contributed by atoms with Crippen LogP contribution in [0.5, 0.6) is 5.75 Å². The van der Waals surface area contributed by atoms with Gasteiger partial charge in [0.25, 0.3) is 0 Å². The molecule has 1 aromatic carbocycles. The molecule has 1 unspecified atom stereocenters. The topological polar surface area (TPSA) is 34.4 Å². The fourth-order valence-electron chi connectivity index (χ4n) is 1.93. The third-order valence-electron chi connectivity index (χ3n) is 2.85. The van der Waals surface area contributed by atoms with Crippen molar-refractivity contribution in [3.05, 3.63) is 54.0 Å². The summed E-state index contributed by atoms with van der Waals surface area (Å²) in [6, 6.07) is 12.2. The van der Waals surface area contributed by atoms with Crippen molar-refractivity contribution in [3.8, 4) is 5.75 Å². The minimum Gasteiger partial charge on any atom is -0.485 e. The molecule has 2 aromatic rings. The molecule has 1 atom stereocenters. The number of nitrogens with one attached hydrogen (secondary N) is 1. The maximum Gasteiger partial charge on any atom is 0.146 e. The summed E-state index contributed by atoms with van der Waals surface area (Å²) in [5, 5.41) is 3.39. The van der Waals surface area contributed by atoms with E-state index in [9.17, 15) is 0 Å². The first-order chi connectivity index (χ1) is 8.81. The van der Waals surface area contributed by atoms with Crippen LogP contribution < -0.4 is 10.1 Å².